The fourth-order valence-corrected chi connectivity index (χ4v) is 1.63. The quantitative estimate of drug-likeness (QED) is 0.770. The Labute approximate surface area is 86.7 Å². The number of aliphatic imine (C=N–C) groups is 1. The van der Waals surface area contributed by atoms with Gasteiger partial charge in [0.25, 0.3) is 0 Å². The highest BCUT2D eigenvalue weighted by atomic mass is 16.4. The topological polar surface area (TPSA) is 67.5 Å². The average molecular weight is 205 g/mol. The Morgan fingerprint density at radius 2 is 2.33 bits per heavy atom. The number of hydrogen-bond acceptors (Lipinski definition) is 3. The van der Waals surface area contributed by atoms with Crippen LogP contribution in [0.2, 0.25) is 0 Å². The summed E-state index contributed by atoms with van der Waals surface area (Å²) in [5.74, 6) is -0.980. The minimum atomic E-state index is -0.980. The summed E-state index contributed by atoms with van der Waals surface area (Å²) in [5.41, 5.74) is 2.90. The number of carboxylic acid groups (broad SMARTS) is 1. The SMILES string of the molecule is Cc1nn(C)cc1C1=CC(C(=O)O)=NC1. The van der Waals surface area contributed by atoms with E-state index in [1.165, 1.54) is 0 Å². The summed E-state index contributed by atoms with van der Waals surface area (Å²) in [4.78, 5) is 14.6. The molecule has 5 nitrogen and oxygen atoms in total. The first-order valence-electron chi connectivity index (χ1n) is 4.57. The highest BCUT2D eigenvalue weighted by molar-refractivity contribution is 6.42. The van der Waals surface area contributed by atoms with Gasteiger partial charge in [-0.1, -0.05) is 0 Å². The predicted molar refractivity (Wildman–Crippen MR) is 55.9 cm³/mol. The van der Waals surface area contributed by atoms with E-state index in [4.69, 9.17) is 5.11 Å². The van der Waals surface area contributed by atoms with Gasteiger partial charge in [-0.05, 0) is 18.6 Å². The van der Waals surface area contributed by atoms with Crippen LogP contribution in [-0.2, 0) is 11.8 Å². The molecule has 0 aliphatic carbocycles. The van der Waals surface area contributed by atoms with E-state index >= 15 is 0 Å². The van der Waals surface area contributed by atoms with Gasteiger partial charge in [0, 0.05) is 18.8 Å². The van der Waals surface area contributed by atoms with Gasteiger partial charge in [-0.25, -0.2) is 4.79 Å². The van der Waals surface area contributed by atoms with Crippen LogP contribution in [0.15, 0.2) is 17.3 Å². The minimum absolute atomic E-state index is 0.119. The third-order valence-corrected chi connectivity index (χ3v) is 2.31. The summed E-state index contributed by atoms with van der Waals surface area (Å²) >= 11 is 0. The molecular formula is C10H11N3O2. The Balaban J connectivity index is 2.33. The lowest BCUT2D eigenvalue weighted by Gasteiger charge is -1.95. The molecule has 1 aliphatic heterocycles. The molecule has 78 valence electrons. The molecule has 0 radical (unpaired) electrons. The number of nitrogens with zero attached hydrogens (tertiary/aromatic N) is 3. The lowest BCUT2D eigenvalue weighted by Crippen LogP contribution is -2.07. The van der Waals surface area contributed by atoms with Crippen LogP contribution in [0.4, 0.5) is 0 Å². The zero-order chi connectivity index (χ0) is 11.0. The van der Waals surface area contributed by atoms with Crippen molar-refractivity contribution in [2.75, 3.05) is 6.54 Å². The third kappa shape index (κ3) is 1.68. The molecule has 0 unspecified atom stereocenters. The number of aliphatic carboxylic acids is 1. The smallest absolute Gasteiger partial charge is 0.354 e. The summed E-state index contributed by atoms with van der Waals surface area (Å²) in [7, 11) is 1.84. The van der Waals surface area contributed by atoms with Crippen molar-refractivity contribution in [3.8, 4) is 0 Å². The Morgan fingerprint density at radius 3 is 2.80 bits per heavy atom. The largest absolute Gasteiger partial charge is 0.477 e. The average Bonchev–Trinajstić information content (AvgIpc) is 2.71. The molecule has 1 aromatic heterocycles. The summed E-state index contributed by atoms with van der Waals surface area (Å²) < 4.78 is 1.71. The molecule has 5 heteroatoms. The highest BCUT2D eigenvalue weighted by Gasteiger charge is 2.17. The summed E-state index contributed by atoms with van der Waals surface area (Å²) in [5, 5.41) is 13.0. The fraction of sp³-hybridized carbons (Fsp3) is 0.300. The van der Waals surface area contributed by atoms with E-state index in [2.05, 4.69) is 10.1 Å². The molecule has 1 N–H and O–H groups in total. The monoisotopic (exact) mass is 205 g/mol. The van der Waals surface area contributed by atoms with Crippen LogP contribution in [0, 0.1) is 6.92 Å². The van der Waals surface area contributed by atoms with Crippen LogP contribution >= 0.6 is 0 Å². The van der Waals surface area contributed by atoms with E-state index in [0.29, 0.717) is 6.54 Å². The molecule has 0 atom stereocenters. The van der Waals surface area contributed by atoms with E-state index in [1.807, 2.05) is 20.2 Å². The molecule has 0 aromatic carbocycles. The zero-order valence-corrected chi connectivity index (χ0v) is 8.56. The van der Waals surface area contributed by atoms with Crippen LogP contribution in [0.5, 0.6) is 0 Å². The fourth-order valence-electron chi connectivity index (χ4n) is 1.63. The van der Waals surface area contributed by atoms with Crippen molar-refractivity contribution in [3.63, 3.8) is 0 Å². The first-order chi connectivity index (χ1) is 7.08. The van der Waals surface area contributed by atoms with Gasteiger partial charge in [0.1, 0.15) is 5.71 Å². The number of rotatable bonds is 2. The molecule has 0 fully saturated rings. The molecule has 0 amide bonds. The lowest BCUT2D eigenvalue weighted by atomic mass is 10.1. The van der Waals surface area contributed by atoms with Gasteiger partial charge in [-0.15, -0.1) is 0 Å². The second kappa shape index (κ2) is 3.34. The summed E-state index contributed by atoms with van der Waals surface area (Å²) in [6, 6.07) is 0. The summed E-state index contributed by atoms with van der Waals surface area (Å²) in [6.45, 7) is 2.32. The molecule has 0 saturated carbocycles. The second-order valence-corrected chi connectivity index (χ2v) is 3.48. The molecule has 15 heavy (non-hydrogen) atoms. The Hall–Kier alpha value is -1.91. The standard InChI is InChI=1S/C10H11N3O2/c1-6-8(5-13(2)12-6)7-3-9(10(14)15)11-4-7/h3,5H,4H2,1-2H3,(H,14,15). The third-order valence-electron chi connectivity index (χ3n) is 2.31. The van der Waals surface area contributed by atoms with Crippen LogP contribution < -0.4 is 0 Å². The number of aromatic nitrogens is 2. The van der Waals surface area contributed by atoms with Crippen molar-refractivity contribution in [2.45, 2.75) is 6.92 Å². The van der Waals surface area contributed by atoms with Crippen molar-refractivity contribution in [1.82, 2.24) is 9.78 Å². The van der Waals surface area contributed by atoms with Gasteiger partial charge >= 0.3 is 5.97 Å². The van der Waals surface area contributed by atoms with Crippen LogP contribution in [0.3, 0.4) is 0 Å². The van der Waals surface area contributed by atoms with Crippen molar-refractivity contribution in [1.29, 1.82) is 0 Å². The van der Waals surface area contributed by atoms with Crippen molar-refractivity contribution in [2.24, 2.45) is 12.0 Å². The maximum absolute atomic E-state index is 10.7. The maximum Gasteiger partial charge on any atom is 0.354 e. The number of hydrogen-bond donors (Lipinski definition) is 1. The second-order valence-electron chi connectivity index (χ2n) is 3.48. The molecule has 1 aliphatic rings. The van der Waals surface area contributed by atoms with Crippen LogP contribution in [0.25, 0.3) is 5.57 Å². The van der Waals surface area contributed by atoms with E-state index in [-0.39, 0.29) is 5.71 Å². The summed E-state index contributed by atoms with van der Waals surface area (Å²) in [6.07, 6.45) is 3.48. The molecule has 2 heterocycles. The van der Waals surface area contributed by atoms with E-state index in [0.717, 1.165) is 16.8 Å². The highest BCUT2D eigenvalue weighted by Crippen LogP contribution is 2.21. The van der Waals surface area contributed by atoms with E-state index in [9.17, 15) is 4.79 Å². The maximum atomic E-state index is 10.7. The van der Waals surface area contributed by atoms with Crippen LogP contribution in [-0.4, -0.2) is 33.1 Å². The Kier molecular flexibility index (Phi) is 2.15. The first-order valence-corrected chi connectivity index (χ1v) is 4.57. The van der Waals surface area contributed by atoms with Gasteiger partial charge in [0.15, 0.2) is 0 Å². The Morgan fingerprint density at radius 1 is 1.60 bits per heavy atom. The lowest BCUT2D eigenvalue weighted by molar-refractivity contribution is -0.129. The number of carboxylic acids is 1. The van der Waals surface area contributed by atoms with Crippen molar-refractivity contribution in [3.05, 3.63) is 23.5 Å². The first kappa shape index (κ1) is 9.64. The minimum Gasteiger partial charge on any atom is -0.477 e. The van der Waals surface area contributed by atoms with Gasteiger partial charge in [0.2, 0.25) is 0 Å². The molecule has 0 bridgehead atoms. The zero-order valence-electron chi connectivity index (χ0n) is 8.56. The van der Waals surface area contributed by atoms with Crippen molar-refractivity contribution < 1.29 is 9.90 Å². The van der Waals surface area contributed by atoms with Gasteiger partial charge in [-0.2, -0.15) is 5.10 Å². The van der Waals surface area contributed by atoms with E-state index < -0.39 is 5.97 Å². The van der Waals surface area contributed by atoms with Crippen LogP contribution in [0.1, 0.15) is 11.3 Å². The van der Waals surface area contributed by atoms with Gasteiger partial charge < -0.3 is 5.11 Å². The van der Waals surface area contributed by atoms with E-state index in [1.54, 1.807) is 10.8 Å². The molecule has 0 saturated heterocycles. The van der Waals surface area contributed by atoms with Gasteiger partial charge in [0.05, 0.1) is 12.2 Å². The molecule has 0 spiro atoms. The molecule has 1 aromatic rings. The predicted octanol–water partition coefficient (Wildman–Crippen LogP) is 0.651. The number of aryl methyl sites for hydroxylation is 2. The van der Waals surface area contributed by atoms with Gasteiger partial charge in [-0.3, -0.25) is 9.67 Å². The van der Waals surface area contributed by atoms with Crippen molar-refractivity contribution >= 4 is 17.3 Å². The Bertz CT molecular complexity index is 483. The number of carbonyl (C=O) groups is 1. The normalized spacial score (nSPS) is 15.1. The molecular weight excluding hydrogens is 194 g/mol. The molecule has 2 rings (SSSR count).